The molecule has 0 spiro atoms. The van der Waals surface area contributed by atoms with Crippen LogP contribution < -0.4 is 15.0 Å². The number of urea groups is 1. The van der Waals surface area contributed by atoms with E-state index in [0.717, 1.165) is 19.6 Å². The zero-order valence-electron chi connectivity index (χ0n) is 17.8. The van der Waals surface area contributed by atoms with Gasteiger partial charge in [0.15, 0.2) is 5.75 Å². The molecule has 3 aromatic carbocycles. The number of ether oxygens (including phenoxy) is 1. The fourth-order valence-corrected chi connectivity index (χ4v) is 4.26. The topological polar surface area (TPSA) is 75.7 Å². The second-order valence-electron chi connectivity index (χ2n) is 7.52. The van der Waals surface area contributed by atoms with Gasteiger partial charge in [0.05, 0.1) is 15.7 Å². The SMILES string of the molecule is Cc1ccc(N2C(=O)NC(=O)/C(=C\c3cc(Cl)c(OCc4ccc(I)cc4)c(Cl)c3)C2=O)cc1. The van der Waals surface area contributed by atoms with Crippen LogP contribution in [0, 0.1) is 10.5 Å². The number of benzene rings is 3. The average molecular weight is 607 g/mol. The van der Waals surface area contributed by atoms with E-state index in [2.05, 4.69) is 27.9 Å². The fourth-order valence-electron chi connectivity index (χ4n) is 3.29. The summed E-state index contributed by atoms with van der Waals surface area (Å²) in [5.41, 5.74) is 2.45. The molecule has 6 nitrogen and oxygen atoms in total. The summed E-state index contributed by atoms with van der Waals surface area (Å²) in [6.07, 6.45) is 1.34. The van der Waals surface area contributed by atoms with E-state index in [9.17, 15) is 14.4 Å². The molecule has 0 bridgehead atoms. The van der Waals surface area contributed by atoms with Crippen LogP contribution in [0.4, 0.5) is 10.5 Å². The van der Waals surface area contributed by atoms with Crippen molar-refractivity contribution in [3.63, 3.8) is 0 Å². The summed E-state index contributed by atoms with van der Waals surface area (Å²) in [6.45, 7) is 2.16. The van der Waals surface area contributed by atoms with Gasteiger partial charge in [-0.3, -0.25) is 14.9 Å². The Morgan fingerprint density at radius 3 is 2.21 bits per heavy atom. The zero-order chi connectivity index (χ0) is 24.4. The van der Waals surface area contributed by atoms with Gasteiger partial charge in [-0.2, -0.15) is 0 Å². The molecule has 1 aliphatic rings. The van der Waals surface area contributed by atoms with Crippen molar-refractivity contribution in [3.05, 3.63) is 96.5 Å². The molecule has 1 aliphatic heterocycles. The lowest BCUT2D eigenvalue weighted by molar-refractivity contribution is -0.122. The quantitative estimate of drug-likeness (QED) is 0.215. The summed E-state index contributed by atoms with van der Waals surface area (Å²) >= 11 is 15.0. The molecule has 172 valence electrons. The second-order valence-corrected chi connectivity index (χ2v) is 9.58. The number of rotatable bonds is 5. The van der Waals surface area contributed by atoms with Crippen LogP contribution in [-0.2, 0) is 16.2 Å². The van der Waals surface area contributed by atoms with Gasteiger partial charge in [0, 0.05) is 3.57 Å². The van der Waals surface area contributed by atoms with Crippen molar-refractivity contribution in [2.24, 2.45) is 0 Å². The minimum atomic E-state index is -0.814. The lowest BCUT2D eigenvalue weighted by atomic mass is 10.1. The highest BCUT2D eigenvalue weighted by Crippen LogP contribution is 2.36. The minimum Gasteiger partial charge on any atom is -0.486 e. The number of carbonyl (C=O) groups excluding carboxylic acids is 3. The first-order valence-corrected chi connectivity index (χ1v) is 11.9. The molecule has 1 saturated heterocycles. The third-order valence-electron chi connectivity index (χ3n) is 5.02. The van der Waals surface area contributed by atoms with Crippen molar-refractivity contribution in [1.29, 1.82) is 0 Å². The first-order chi connectivity index (χ1) is 16.2. The van der Waals surface area contributed by atoms with Gasteiger partial charge < -0.3 is 4.74 Å². The normalized spacial score (nSPS) is 15.0. The van der Waals surface area contributed by atoms with Crippen molar-refractivity contribution >= 4 is 75.4 Å². The molecule has 9 heteroatoms. The number of imide groups is 2. The highest BCUT2D eigenvalue weighted by atomic mass is 127. The highest BCUT2D eigenvalue weighted by molar-refractivity contribution is 14.1. The average Bonchev–Trinajstić information content (AvgIpc) is 2.78. The van der Waals surface area contributed by atoms with Crippen molar-refractivity contribution in [3.8, 4) is 5.75 Å². The second kappa shape index (κ2) is 10.2. The van der Waals surface area contributed by atoms with Gasteiger partial charge in [0.2, 0.25) is 0 Å². The summed E-state index contributed by atoms with van der Waals surface area (Å²) in [7, 11) is 0. The Morgan fingerprint density at radius 1 is 0.971 bits per heavy atom. The molecule has 4 rings (SSSR count). The van der Waals surface area contributed by atoms with E-state index in [0.29, 0.717) is 17.0 Å². The molecular weight excluding hydrogens is 590 g/mol. The maximum atomic E-state index is 13.0. The Hall–Kier alpha value is -2.88. The Bertz CT molecular complexity index is 1300. The first-order valence-electron chi connectivity index (χ1n) is 10.1. The highest BCUT2D eigenvalue weighted by Gasteiger charge is 2.36. The third kappa shape index (κ3) is 5.27. The monoisotopic (exact) mass is 606 g/mol. The number of barbiturate groups is 1. The fraction of sp³-hybridized carbons (Fsp3) is 0.0800. The van der Waals surface area contributed by atoms with Gasteiger partial charge in [0.25, 0.3) is 11.8 Å². The van der Waals surface area contributed by atoms with E-state index in [1.807, 2.05) is 31.2 Å². The molecule has 0 aliphatic carbocycles. The van der Waals surface area contributed by atoms with Crippen LogP contribution in [0.15, 0.2) is 66.2 Å². The number of nitrogens with zero attached hydrogens (tertiary/aromatic N) is 1. The van der Waals surface area contributed by atoms with Crippen LogP contribution in [0.1, 0.15) is 16.7 Å². The largest absolute Gasteiger partial charge is 0.486 e. The lowest BCUT2D eigenvalue weighted by Crippen LogP contribution is -2.54. The van der Waals surface area contributed by atoms with Crippen LogP contribution in [0.25, 0.3) is 6.08 Å². The van der Waals surface area contributed by atoms with E-state index in [1.54, 1.807) is 24.3 Å². The zero-order valence-corrected chi connectivity index (χ0v) is 21.4. The van der Waals surface area contributed by atoms with E-state index >= 15 is 0 Å². The number of hydrogen-bond donors (Lipinski definition) is 1. The predicted molar refractivity (Wildman–Crippen MR) is 140 cm³/mol. The summed E-state index contributed by atoms with van der Waals surface area (Å²) in [5, 5.41) is 2.64. The Labute approximate surface area is 219 Å². The smallest absolute Gasteiger partial charge is 0.335 e. The molecule has 0 atom stereocenters. The molecule has 4 amide bonds. The van der Waals surface area contributed by atoms with Crippen LogP contribution in [-0.4, -0.2) is 17.8 Å². The number of nitrogens with one attached hydrogen (secondary N) is 1. The lowest BCUT2D eigenvalue weighted by Gasteiger charge is -2.26. The number of carbonyl (C=O) groups is 3. The van der Waals surface area contributed by atoms with Gasteiger partial charge in [-0.15, -0.1) is 0 Å². The number of hydrogen-bond acceptors (Lipinski definition) is 4. The molecule has 0 aromatic heterocycles. The van der Waals surface area contributed by atoms with Crippen LogP contribution in [0.5, 0.6) is 5.75 Å². The molecule has 0 unspecified atom stereocenters. The maximum absolute atomic E-state index is 13.0. The summed E-state index contributed by atoms with van der Waals surface area (Å²) in [5.74, 6) is -1.26. The van der Waals surface area contributed by atoms with Gasteiger partial charge in [-0.05, 0) is 83.1 Å². The van der Waals surface area contributed by atoms with E-state index in [4.69, 9.17) is 27.9 Å². The number of halogens is 3. The van der Waals surface area contributed by atoms with Crippen molar-refractivity contribution < 1.29 is 19.1 Å². The Balaban J connectivity index is 1.60. The minimum absolute atomic E-state index is 0.222. The van der Waals surface area contributed by atoms with Crippen molar-refractivity contribution in [2.75, 3.05) is 4.90 Å². The Kier molecular flexibility index (Phi) is 7.25. The summed E-state index contributed by atoms with van der Waals surface area (Å²) in [4.78, 5) is 38.7. The number of aryl methyl sites for hydroxylation is 1. The van der Waals surface area contributed by atoms with Crippen molar-refractivity contribution in [2.45, 2.75) is 13.5 Å². The van der Waals surface area contributed by atoms with Crippen LogP contribution in [0.2, 0.25) is 10.0 Å². The number of amides is 4. The summed E-state index contributed by atoms with van der Waals surface area (Å²) in [6, 6.07) is 16.9. The number of anilines is 1. The molecule has 1 fully saturated rings. The van der Waals surface area contributed by atoms with Gasteiger partial charge in [-0.1, -0.05) is 53.0 Å². The third-order valence-corrected chi connectivity index (χ3v) is 6.30. The van der Waals surface area contributed by atoms with Crippen LogP contribution in [0.3, 0.4) is 0 Å². The van der Waals surface area contributed by atoms with E-state index < -0.39 is 17.8 Å². The molecule has 3 aromatic rings. The Morgan fingerprint density at radius 2 is 1.59 bits per heavy atom. The predicted octanol–water partition coefficient (Wildman–Crippen LogP) is 6.15. The molecular formula is C25H17Cl2IN2O4. The van der Waals surface area contributed by atoms with Gasteiger partial charge in [0.1, 0.15) is 12.2 Å². The maximum Gasteiger partial charge on any atom is 0.335 e. The van der Waals surface area contributed by atoms with E-state index in [-0.39, 0.29) is 22.2 Å². The van der Waals surface area contributed by atoms with Gasteiger partial charge in [-0.25, -0.2) is 9.69 Å². The molecule has 0 radical (unpaired) electrons. The summed E-state index contributed by atoms with van der Waals surface area (Å²) < 4.78 is 6.90. The standard InChI is InChI=1S/C25H17Cl2IN2O4/c1-14-2-8-18(9-3-14)30-24(32)19(23(31)29-25(30)33)10-16-11-20(26)22(21(27)12-16)34-13-15-4-6-17(28)7-5-15/h2-12H,13H2,1H3,(H,29,31,33)/b19-10+. The molecule has 1 heterocycles. The van der Waals surface area contributed by atoms with Crippen molar-refractivity contribution in [1.82, 2.24) is 5.32 Å². The van der Waals surface area contributed by atoms with Crippen LogP contribution >= 0.6 is 45.8 Å². The molecule has 34 heavy (non-hydrogen) atoms. The van der Waals surface area contributed by atoms with Gasteiger partial charge >= 0.3 is 6.03 Å². The first kappa shape index (κ1) is 24.3. The molecule has 1 N–H and O–H groups in total. The molecule has 0 saturated carbocycles. The van der Waals surface area contributed by atoms with E-state index in [1.165, 1.54) is 18.2 Å².